The van der Waals surface area contributed by atoms with Crippen LogP contribution < -0.4 is 5.32 Å². The first-order valence-electron chi connectivity index (χ1n) is 7.66. The van der Waals surface area contributed by atoms with E-state index in [-0.39, 0.29) is 23.0 Å². The van der Waals surface area contributed by atoms with Crippen LogP contribution in [0.1, 0.15) is 43.0 Å². The maximum absolute atomic E-state index is 12.6. The minimum absolute atomic E-state index is 0.0416. The van der Waals surface area contributed by atoms with Gasteiger partial charge < -0.3 is 20.4 Å². The summed E-state index contributed by atoms with van der Waals surface area (Å²) < 4.78 is 0. The van der Waals surface area contributed by atoms with Gasteiger partial charge in [0.25, 0.3) is 5.91 Å². The molecule has 1 aliphatic heterocycles. The molecule has 0 bridgehead atoms. The van der Waals surface area contributed by atoms with Gasteiger partial charge in [0, 0.05) is 25.2 Å². The zero-order valence-electron chi connectivity index (χ0n) is 12.5. The summed E-state index contributed by atoms with van der Waals surface area (Å²) in [4.78, 5) is 14.4. The van der Waals surface area contributed by atoms with Crippen molar-refractivity contribution in [2.75, 3.05) is 19.6 Å². The van der Waals surface area contributed by atoms with Crippen LogP contribution in [0.5, 0.6) is 11.5 Å². The molecule has 5 heteroatoms. The van der Waals surface area contributed by atoms with Gasteiger partial charge in [0.2, 0.25) is 0 Å². The number of carbonyl (C=O) groups excluding carboxylic acids is 1. The molecule has 0 aromatic heterocycles. The van der Waals surface area contributed by atoms with Crippen LogP contribution >= 0.6 is 0 Å². The molecule has 1 aliphatic rings. The van der Waals surface area contributed by atoms with Gasteiger partial charge in [-0.15, -0.1) is 0 Å². The van der Waals surface area contributed by atoms with Crippen LogP contribution in [-0.4, -0.2) is 46.7 Å². The minimum Gasteiger partial charge on any atom is -0.508 e. The van der Waals surface area contributed by atoms with Crippen LogP contribution in [-0.2, 0) is 0 Å². The lowest BCUT2D eigenvalue weighted by Gasteiger charge is -2.30. The number of piperidine rings is 1. The van der Waals surface area contributed by atoms with Crippen LogP contribution in [0.15, 0.2) is 18.2 Å². The van der Waals surface area contributed by atoms with Crippen molar-refractivity contribution in [2.45, 2.75) is 38.6 Å². The second kappa shape index (κ2) is 7.31. The number of rotatable bonds is 5. The van der Waals surface area contributed by atoms with Crippen LogP contribution in [0.3, 0.4) is 0 Å². The molecule has 1 saturated heterocycles. The summed E-state index contributed by atoms with van der Waals surface area (Å²) in [7, 11) is 0. The van der Waals surface area contributed by atoms with E-state index in [1.54, 1.807) is 4.90 Å². The van der Waals surface area contributed by atoms with Gasteiger partial charge in [0.15, 0.2) is 0 Å². The standard InChI is InChI=1S/C16H24N2O3/c1-2-9-18(11-12-5-3-4-8-17-12)16(21)14-7-6-13(19)10-15(14)20/h6-7,10,12,17,19-20H,2-5,8-9,11H2,1H3. The fourth-order valence-electron chi connectivity index (χ4n) is 2.76. The van der Waals surface area contributed by atoms with Gasteiger partial charge in [-0.2, -0.15) is 0 Å². The van der Waals surface area contributed by atoms with E-state index in [4.69, 9.17) is 0 Å². The lowest BCUT2D eigenvalue weighted by atomic mass is 10.0. The molecule has 0 aliphatic carbocycles. The maximum atomic E-state index is 12.6. The van der Waals surface area contributed by atoms with Crippen molar-refractivity contribution in [3.63, 3.8) is 0 Å². The molecule has 1 aromatic rings. The monoisotopic (exact) mass is 292 g/mol. The number of phenolic OH excluding ortho intramolecular Hbond substituents is 2. The van der Waals surface area contributed by atoms with Gasteiger partial charge in [-0.3, -0.25) is 4.79 Å². The highest BCUT2D eigenvalue weighted by Crippen LogP contribution is 2.24. The molecule has 3 N–H and O–H groups in total. The van der Waals surface area contributed by atoms with E-state index in [0.29, 0.717) is 19.1 Å². The van der Waals surface area contributed by atoms with Crippen LogP contribution in [0.4, 0.5) is 0 Å². The second-order valence-electron chi connectivity index (χ2n) is 5.60. The van der Waals surface area contributed by atoms with Crippen molar-refractivity contribution in [3.8, 4) is 11.5 Å². The van der Waals surface area contributed by atoms with Gasteiger partial charge >= 0.3 is 0 Å². The van der Waals surface area contributed by atoms with E-state index in [2.05, 4.69) is 5.32 Å². The molecule has 1 heterocycles. The largest absolute Gasteiger partial charge is 0.508 e. The fraction of sp³-hybridized carbons (Fsp3) is 0.562. The number of hydrogen-bond acceptors (Lipinski definition) is 4. The lowest BCUT2D eigenvalue weighted by Crippen LogP contribution is -2.46. The number of benzene rings is 1. The Morgan fingerprint density at radius 3 is 2.81 bits per heavy atom. The molecular weight excluding hydrogens is 268 g/mol. The Balaban J connectivity index is 2.10. The normalized spacial score (nSPS) is 18.4. The van der Waals surface area contributed by atoms with Gasteiger partial charge in [0.1, 0.15) is 11.5 Å². The van der Waals surface area contributed by atoms with Crippen molar-refractivity contribution >= 4 is 5.91 Å². The Kier molecular flexibility index (Phi) is 5.44. The quantitative estimate of drug-likeness (QED) is 0.777. The van der Waals surface area contributed by atoms with E-state index in [9.17, 15) is 15.0 Å². The molecular formula is C16H24N2O3. The molecule has 5 nitrogen and oxygen atoms in total. The third-order valence-electron chi connectivity index (χ3n) is 3.85. The molecule has 0 spiro atoms. The Morgan fingerprint density at radius 1 is 1.38 bits per heavy atom. The molecule has 1 amide bonds. The van der Waals surface area contributed by atoms with Gasteiger partial charge in [-0.05, 0) is 37.9 Å². The number of aromatic hydroxyl groups is 2. The van der Waals surface area contributed by atoms with Crippen molar-refractivity contribution < 1.29 is 15.0 Å². The first-order valence-corrected chi connectivity index (χ1v) is 7.66. The summed E-state index contributed by atoms with van der Waals surface area (Å²) in [6.45, 7) is 4.36. The molecule has 2 rings (SSSR count). The second-order valence-corrected chi connectivity index (χ2v) is 5.60. The first-order chi connectivity index (χ1) is 10.1. The summed E-state index contributed by atoms with van der Waals surface area (Å²) in [5.41, 5.74) is 0.247. The van der Waals surface area contributed by atoms with Crippen molar-refractivity contribution in [1.82, 2.24) is 10.2 Å². The van der Waals surface area contributed by atoms with E-state index in [1.807, 2.05) is 6.92 Å². The Morgan fingerprint density at radius 2 is 2.19 bits per heavy atom. The molecule has 0 radical (unpaired) electrons. The average Bonchev–Trinajstić information content (AvgIpc) is 2.47. The zero-order chi connectivity index (χ0) is 15.2. The highest BCUT2D eigenvalue weighted by molar-refractivity contribution is 5.97. The zero-order valence-corrected chi connectivity index (χ0v) is 12.5. The van der Waals surface area contributed by atoms with Gasteiger partial charge in [0.05, 0.1) is 5.56 Å². The molecule has 1 fully saturated rings. The van der Waals surface area contributed by atoms with E-state index >= 15 is 0 Å². The lowest BCUT2D eigenvalue weighted by molar-refractivity contribution is 0.0728. The first kappa shape index (κ1) is 15.6. The number of carbonyl (C=O) groups is 1. The predicted molar refractivity (Wildman–Crippen MR) is 81.6 cm³/mol. The smallest absolute Gasteiger partial charge is 0.257 e. The van der Waals surface area contributed by atoms with Crippen LogP contribution in [0, 0.1) is 0 Å². The number of amides is 1. The number of nitrogens with zero attached hydrogens (tertiary/aromatic N) is 1. The highest BCUT2D eigenvalue weighted by Gasteiger charge is 2.23. The summed E-state index contributed by atoms with van der Waals surface area (Å²) >= 11 is 0. The van der Waals surface area contributed by atoms with E-state index in [0.717, 1.165) is 19.4 Å². The highest BCUT2D eigenvalue weighted by atomic mass is 16.3. The molecule has 1 atom stereocenters. The number of phenols is 2. The predicted octanol–water partition coefficient (Wildman–Crippen LogP) is 2.09. The van der Waals surface area contributed by atoms with Crippen LogP contribution in [0.2, 0.25) is 0 Å². The minimum atomic E-state index is -0.179. The van der Waals surface area contributed by atoms with Crippen LogP contribution in [0.25, 0.3) is 0 Å². The average molecular weight is 292 g/mol. The van der Waals surface area contributed by atoms with Crippen molar-refractivity contribution in [1.29, 1.82) is 0 Å². The fourth-order valence-corrected chi connectivity index (χ4v) is 2.76. The Labute approximate surface area is 125 Å². The summed E-state index contributed by atoms with van der Waals surface area (Å²) in [5, 5.41) is 22.6. The summed E-state index contributed by atoms with van der Waals surface area (Å²) in [5.74, 6) is -0.389. The SMILES string of the molecule is CCCN(CC1CCCCN1)C(=O)c1ccc(O)cc1O. The topological polar surface area (TPSA) is 72.8 Å². The number of nitrogens with one attached hydrogen (secondary N) is 1. The molecule has 1 unspecified atom stereocenters. The molecule has 0 saturated carbocycles. The third kappa shape index (κ3) is 4.11. The number of hydrogen-bond donors (Lipinski definition) is 3. The summed E-state index contributed by atoms with van der Waals surface area (Å²) in [6.07, 6.45) is 4.33. The Bertz CT molecular complexity index is 484. The maximum Gasteiger partial charge on any atom is 0.257 e. The van der Waals surface area contributed by atoms with Crippen molar-refractivity contribution in [2.24, 2.45) is 0 Å². The van der Waals surface area contributed by atoms with E-state index in [1.165, 1.54) is 31.0 Å². The Hall–Kier alpha value is -1.75. The van der Waals surface area contributed by atoms with Gasteiger partial charge in [-0.1, -0.05) is 13.3 Å². The van der Waals surface area contributed by atoms with Gasteiger partial charge in [-0.25, -0.2) is 0 Å². The summed E-state index contributed by atoms with van der Waals surface area (Å²) in [6, 6.07) is 4.43. The molecule has 21 heavy (non-hydrogen) atoms. The van der Waals surface area contributed by atoms with E-state index < -0.39 is 0 Å². The molecule has 1 aromatic carbocycles. The molecule has 116 valence electrons. The third-order valence-corrected chi connectivity index (χ3v) is 3.85. The van der Waals surface area contributed by atoms with Crippen molar-refractivity contribution in [3.05, 3.63) is 23.8 Å².